The number of rotatable bonds is 13. The van der Waals surface area contributed by atoms with E-state index in [0.29, 0.717) is 17.5 Å². The molecule has 4 rings (SSSR count). The maximum absolute atomic E-state index is 13.2. The van der Waals surface area contributed by atoms with E-state index in [4.69, 9.17) is 4.74 Å². The highest BCUT2D eigenvalue weighted by Crippen LogP contribution is 2.27. The van der Waals surface area contributed by atoms with Crippen molar-refractivity contribution in [2.24, 2.45) is 5.92 Å². The summed E-state index contributed by atoms with van der Waals surface area (Å²) in [5.74, 6) is 2.16. The number of likely N-dealkylation sites (tertiary alicyclic amines) is 1. The van der Waals surface area contributed by atoms with Crippen LogP contribution in [0, 0.1) is 5.92 Å². The Balaban J connectivity index is 1.22. The van der Waals surface area contributed by atoms with Crippen molar-refractivity contribution in [3.63, 3.8) is 0 Å². The number of hydrogen-bond donors (Lipinski definition) is 2. The quantitative estimate of drug-likeness (QED) is 0.277. The molecule has 2 fully saturated rings. The van der Waals surface area contributed by atoms with Gasteiger partial charge in [0.15, 0.2) is 0 Å². The van der Waals surface area contributed by atoms with E-state index in [-0.39, 0.29) is 6.03 Å². The van der Waals surface area contributed by atoms with Crippen LogP contribution in [0.15, 0.2) is 48.5 Å². The number of piperidine rings is 1. The number of amides is 2. The van der Waals surface area contributed by atoms with Crippen molar-refractivity contribution in [1.82, 2.24) is 15.1 Å². The Kier molecular flexibility index (Phi) is 11.7. The molecule has 1 aliphatic carbocycles. The second-order valence-electron chi connectivity index (χ2n) is 11.7. The molecule has 0 radical (unpaired) electrons. The van der Waals surface area contributed by atoms with Crippen LogP contribution in [-0.2, 0) is 16.6 Å². The third kappa shape index (κ3) is 10.5. The lowest BCUT2D eigenvalue weighted by atomic mass is 9.87. The lowest BCUT2D eigenvalue weighted by Gasteiger charge is -2.38. The van der Waals surface area contributed by atoms with Gasteiger partial charge in [-0.1, -0.05) is 57.6 Å². The van der Waals surface area contributed by atoms with Gasteiger partial charge in [-0.15, -0.1) is 0 Å². The lowest BCUT2D eigenvalue weighted by Crippen LogP contribution is -2.51. The van der Waals surface area contributed by atoms with E-state index in [0.717, 1.165) is 82.8 Å². The summed E-state index contributed by atoms with van der Waals surface area (Å²) in [6.07, 6.45) is 13.1. The van der Waals surface area contributed by atoms with Gasteiger partial charge in [0.1, 0.15) is 11.5 Å². The highest BCUT2D eigenvalue weighted by Gasteiger charge is 2.27. The molecule has 2 N–H and O–H groups in total. The zero-order chi connectivity index (χ0) is 29.1. The summed E-state index contributed by atoms with van der Waals surface area (Å²) < 4.78 is 31.1. The topological polar surface area (TPSA) is 91.0 Å². The summed E-state index contributed by atoms with van der Waals surface area (Å²) in [5.41, 5.74) is 1.73. The molecule has 0 aromatic heterocycles. The normalized spacial score (nSPS) is 17.2. The second kappa shape index (κ2) is 15.4. The third-order valence-corrected chi connectivity index (χ3v) is 8.89. The fourth-order valence-corrected chi connectivity index (χ4v) is 6.55. The van der Waals surface area contributed by atoms with E-state index >= 15 is 0 Å². The van der Waals surface area contributed by atoms with Crippen molar-refractivity contribution >= 4 is 21.7 Å². The average molecular weight is 585 g/mol. The fraction of sp³-hybridized carbons (Fsp3) is 0.594. The van der Waals surface area contributed by atoms with Crippen LogP contribution in [0.2, 0.25) is 0 Å². The van der Waals surface area contributed by atoms with Gasteiger partial charge in [-0.05, 0) is 73.6 Å². The first-order valence-corrected chi connectivity index (χ1v) is 17.3. The zero-order valence-electron chi connectivity index (χ0n) is 24.8. The molecule has 0 bridgehead atoms. The first kappa shape index (κ1) is 31.2. The molecule has 0 atom stereocenters. The van der Waals surface area contributed by atoms with Crippen molar-refractivity contribution in [1.29, 1.82) is 0 Å². The van der Waals surface area contributed by atoms with Crippen LogP contribution in [0.3, 0.4) is 0 Å². The SMILES string of the molecule is CCCCN(C(=O)NCCC1CCCCC1)C1CCN(Cc2ccc(Oc3ccc(NS(C)(=O)=O)cc3)cc2)CC1. The molecule has 9 heteroatoms. The summed E-state index contributed by atoms with van der Waals surface area (Å²) in [4.78, 5) is 17.8. The zero-order valence-corrected chi connectivity index (χ0v) is 25.6. The van der Waals surface area contributed by atoms with Gasteiger partial charge in [0.2, 0.25) is 10.0 Å². The number of benzene rings is 2. The number of unbranched alkanes of at least 4 members (excludes halogenated alkanes) is 1. The molecular formula is C32H48N4O4S. The highest BCUT2D eigenvalue weighted by atomic mass is 32.2. The largest absolute Gasteiger partial charge is 0.457 e. The van der Waals surface area contributed by atoms with Gasteiger partial charge in [-0.25, -0.2) is 13.2 Å². The van der Waals surface area contributed by atoms with E-state index in [9.17, 15) is 13.2 Å². The molecule has 1 aliphatic heterocycles. The van der Waals surface area contributed by atoms with Gasteiger partial charge >= 0.3 is 6.03 Å². The van der Waals surface area contributed by atoms with E-state index in [2.05, 4.69) is 38.9 Å². The Morgan fingerprint density at radius 1 is 0.951 bits per heavy atom. The molecule has 1 heterocycles. The van der Waals surface area contributed by atoms with Gasteiger partial charge in [0.25, 0.3) is 0 Å². The minimum absolute atomic E-state index is 0.129. The number of nitrogens with one attached hydrogen (secondary N) is 2. The molecular weight excluding hydrogens is 536 g/mol. The molecule has 0 spiro atoms. The standard InChI is InChI=1S/C32H48N4O4S/c1-3-4-22-36(32(37)33-21-18-26-8-6-5-7-9-26)29-19-23-35(24-20-29)25-27-10-14-30(15-11-27)40-31-16-12-28(13-17-31)34-41(2,38)39/h10-17,26,29,34H,3-9,18-25H2,1-2H3,(H,33,37). The number of carbonyl (C=O) groups excluding carboxylic acids is 1. The highest BCUT2D eigenvalue weighted by molar-refractivity contribution is 7.92. The monoisotopic (exact) mass is 584 g/mol. The number of hydrogen-bond acceptors (Lipinski definition) is 5. The van der Waals surface area contributed by atoms with Gasteiger partial charge < -0.3 is 15.0 Å². The van der Waals surface area contributed by atoms with Gasteiger partial charge in [-0.2, -0.15) is 0 Å². The van der Waals surface area contributed by atoms with Crippen LogP contribution in [0.25, 0.3) is 0 Å². The van der Waals surface area contributed by atoms with Crippen molar-refractivity contribution in [2.75, 3.05) is 37.2 Å². The van der Waals surface area contributed by atoms with Crippen molar-refractivity contribution in [2.45, 2.75) is 83.7 Å². The minimum Gasteiger partial charge on any atom is -0.457 e. The maximum Gasteiger partial charge on any atom is 0.317 e. The van der Waals surface area contributed by atoms with E-state index in [1.54, 1.807) is 24.3 Å². The molecule has 226 valence electrons. The van der Waals surface area contributed by atoms with Crippen LogP contribution in [0.5, 0.6) is 11.5 Å². The molecule has 2 aliphatic rings. The summed E-state index contributed by atoms with van der Waals surface area (Å²) in [6, 6.07) is 15.4. The summed E-state index contributed by atoms with van der Waals surface area (Å²) in [6.45, 7) is 6.67. The minimum atomic E-state index is -3.30. The Bertz CT molecular complexity index is 1170. The Hall–Kier alpha value is -2.78. The number of sulfonamides is 1. The van der Waals surface area contributed by atoms with Gasteiger partial charge in [0, 0.05) is 44.5 Å². The van der Waals surface area contributed by atoms with Crippen LogP contribution in [0.1, 0.15) is 76.7 Å². The van der Waals surface area contributed by atoms with Crippen LogP contribution in [-0.4, -0.2) is 62.7 Å². The van der Waals surface area contributed by atoms with Gasteiger partial charge in [0.05, 0.1) is 6.26 Å². The summed E-state index contributed by atoms with van der Waals surface area (Å²) in [5, 5.41) is 3.26. The Morgan fingerprint density at radius 2 is 1.59 bits per heavy atom. The van der Waals surface area contributed by atoms with Crippen LogP contribution >= 0.6 is 0 Å². The predicted molar refractivity (Wildman–Crippen MR) is 166 cm³/mol. The fourth-order valence-electron chi connectivity index (χ4n) is 5.99. The third-order valence-electron chi connectivity index (χ3n) is 8.29. The molecule has 2 amide bonds. The summed E-state index contributed by atoms with van der Waals surface area (Å²) >= 11 is 0. The predicted octanol–water partition coefficient (Wildman–Crippen LogP) is 6.60. The number of carbonyl (C=O) groups is 1. The molecule has 1 saturated carbocycles. The van der Waals surface area contributed by atoms with Crippen molar-refractivity contribution in [3.8, 4) is 11.5 Å². The van der Waals surface area contributed by atoms with Crippen LogP contribution in [0.4, 0.5) is 10.5 Å². The number of urea groups is 1. The van der Waals surface area contributed by atoms with Gasteiger partial charge in [-0.3, -0.25) is 9.62 Å². The maximum atomic E-state index is 13.2. The number of nitrogens with zero attached hydrogens (tertiary/aromatic N) is 2. The Labute approximate surface area is 246 Å². The molecule has 1 saturated heterocycles. The van der Waals surface area contributed by atoms with Crippen molar-refractivity contribution < 1.29 is 17.9 Å². The summed E-state index contributed by atoms with van der Waals surface area (Å²) in [7, 11) is -3.30. The number of ether oxygens (including phenoxy) is 1. The van der Waals surface area contributed by atoms with E-state index < -0.39 is 10.0 Å². The molecule has 0 unspecified atom stereocenters. The lowest BCUT2D eigenvalue weighted by molar-refractivity contribution is 0.116. The van der Waals surface area contributed by atoms with Crippen LogP contribution < -0.4 is 14.8 Å². The van der Waals surface area contributed by atoms with Crippen molar-refractivity contribution in [3.05, 3.63) is 54.1 Å². The molecule has 8 nitrogen and oxygen atoms in total. The molecule has 2 aromatic rings. The number of anilines is 1. The van der Waals surface area contributed by atoms with E-state index in [1.807, 2.05) is 12.1 Å². The first-order chi connectivity index (χ1) is 19.8. The van der Waals surface area contributed by atoms with E-state index in [1.165, 1.54) is 37.7 Å². The molecule has 41 heavy (non-hydrogen) atoms. The first-order valence-electron chi connectivity index (χ1n) is 15.4. The second-order valence-corrected chi connectivity index (χ2v) is 13.5. The molecule has 2 aromatic carbocycles. The average Bonchev–Trinajstić information content (AvgIpc) is 2.96. The Morgan fingerprint density at radius 3 is 2.20 bits per heavy atom. The smallest absolute Gasteiger partial charge is 0.317 e.